The molecule has 140 valence electrons. The third-order valence-electron chi connectivity index (χ3n) is 5.96. The van der Waals surface area contributed by atoms with E-state index in [0.717, 1.165) is 38.7 Å². The number of allylic oxidation sites excluding steroid dienone is 1. The summed E-state index contributed by atoms with van der Waals surface area (Å²) in [5.74, 6) is 0.981. The van der Waals surface area contributed by atoms with E-state index >= 15 is 0 Å². The number of rotatable bonds is 9. The van der Waals surface area contributed by atoms with Crippen LogP contribution in [0.25, 0.3) is 0 Å². The average Bonchev–Trinajstić information content (AvgIpc) is 2.86. The SMILES string of the molecule is CCOC/C=C\C[C@H]1C(Cl)C[C@@H](O)[C@@H]1CC[C@@H](O)C1CCCCC1. The fourth-order valence-corrected chi connectivity index (χ4v) is 4.96. The molecule has 2 rings (SSSR count). The first-order valence-corrected chi connectivity index (χ1v) is 10.3. The Hall–Kier alpha value is -0.0900. The highest BCUT2D eigenvalue weighted by atomic mass is 35.5. The first-order valence-electron chi connectivity index (χ1n) is 9.86. The largest absolute Gasteiger partial charge is 0.393 e. The summed E-state index contributed by atoms with van der Waals surface area (Å²) >= 11 is 6.48. The number of hydrogen-bond acceptors (Lipinski definition) is 3. The van der Waals surface area contributed by atoms with E-state index in [4.69, 9.17) is 16.3 Å². The standard InChI is InChI=1S/C20H35ClO3/c1-2-24-13-7-6-10-16-17(20(23)14-18(16)21)11-12-19(22)15-8-4-3-5-9-15/h6-7,15-20,22-23H,2-5,8-14H2,1H3/b7-6-/t16-,17-,18?,19-,20-/m1/s1. The molecule has 2 fully saturated rings. The molecular formula is C20H35ClO3. The molecule has 0 radical (unpaired) electrons. The Morgan fingerprint density at radius 2 is 1.92 bits per heavy atom. The van der Waals surface area contributed by atoms with Gasteiger partial charge in [0.05, 0.1) is 18.8 Å². The molecule has 2 aliphatic rings. The monoisotopic (exact) mass is 358 g/mol. The van der Waals surface area contributed by atoms with E-state index in [2.05, 4.69) is 6.08 Å². The number of ether oxygens (including phenoxy) is 1. The Morgan fingerprint density at radius 1 is 1.17 bits per heavy atom. The molecule has 0 aromatic rings. The first-order chi connectivity index (χ1) is 11.6. The van der Waals surface area contributed by atoms with E-state index in [1.54, 1.807) is 0 Å². The van der Waals surface area contributed by atoms with Gasteiger partial charge in [-0.2, -0.15) is 0 Å². The summed E-state index contributed by atoms with van der Waals surface area (Å²) in [6.45, 7) is 3.36. The number of aliphatic hydroxyl groups is 2. The van der Waals surface area contributed by atoms with Crippen molar-refractivity contribution in [2.45, 2.75) is 82.3 Å². The highest BCUT2D eigenvalue weighted by Gasteiger charge is 2.40. The lowest BCUT2D eigenvalue weighted by Crippen LogP contribution is -2.26. The van der Waals surface area contributed by atoms with Gasteiger partial charge in [0.2, 0.25) is 0 Å². The second-order valence-electron chi connectivity index (χ2n) is 7.56. The van der Waals surface area contributed by atoms with Gasteiger partial charge in [-0.15, -0.1) is 11.6 Å². The summed E-state index contributed by atoms with van der Waals surface area (Å²) in [6, 6.07) is 0. The van der Waals surface area contributed by atoms with Crippen molar-refractivity contribution in [1.82, 2.24) is 0 Å². The van der Waals surface area contributed by atoms with Crippen molar-refractivity contribution in [3.05, 3.63) is 12.2 Å². The minimum absolute atomic E-state index is 0.0357. The molecule has 24 heavy (non-hydrogen) atoms. The second-order valence-corrected chi connectivity index (χ2v) is 8.12. The van der Waals surface area contributed by atoms with Crippen LogP contribution in [0.5, 0.6) is 0 Å². The summed E-state index contributed by atoms with van der Waals surface area (Å²) in [5.41, 5.74) is 0. The van der Waals surface area contributed by atoms with Gasteiger partial charge in [-0.25, -0.2) is 0 Å². The van der Waals surface area contributed by atoms with E-state index in [-0.39, 0.29) is 23.5 Å². The quantitative estimate of drug-likeness (QED) is 0.367. The predicted octanol–water partition coefficient (Wildman–Crippen LogP) is 4.30. The normalized spacial score (nSPS) is 33.3. The molecule has 2 saturated carbocycles. The van der Waals surface area contributed by atoms with Crippen LogP contribution >= 0.6 is 11.6 Å². The summed E-state index contributed by atoms with van der Waals surface area (Å²) < 4.78 is 5.32. The lowest BCUT2D eigenvalue weighted by molar-refractivity contribution is 0.0536. The summed E-state index contributed by atoms with van der Waals surface area (Å²) in [6.07, 6.45) is 13.1. The van der Waals surface area contributed by atoms with Crippen molar-refractivity contribution in [3.63, 3.8) is 0 Å². The molecule has 3 nitrogen and oxygen atoms in total. The molecule has 0 aromatic carbocycles. The number of halogens is 1. The molecule has 0 aliphatic heterocycles. The highest BCUT2D eigenvalue weighted by Crippen LogP contribution is 2.42. The molecule has 0 amide bonds. The molecular weight excluding hydrogens is 324 g/mol. The van der Waals surface area contributed by atoms with E-state index < -0.39 is 0 Å². The van der Waals surface area contributed by atoms with Crippen molar-refractivity contribution < 1.29 is 14.9 Å². The zero-order chi connectivity index (χ0) is 17.4. The van der Waals surface area contributed by atoms with Gasteiger partial charge in [-0.05, 0) is 63.2 Å². The zero-order valence-corrected chi connectivity index (χ0v) is 15.8. The molecule has 2 aliphatic carbocycles. The van der Waals surface area contributed by atoms with Crippen molar-refractivity contribution in [3.8, 4) is 0 Å². The number of hydrogen-bond donors (Lipinski definition) is 2. The van der Waals surface area contributed by atoms with Crippen LogP contribution in [0.3, 0.4) is 0 Å². The predicted molar refractivity (Wildman–Crippen MR) is 99.3 cm³/mol. The average molecular weight is 359 g/mol. The van der Waals surface area contributed by atoms with E-state index in [1.807, 2.05) is 13.0 Å². The molecule has 0 saturated heterocycles. The molecule has 5 atom stereocenters. The minimum atomic E-state index is -0.323. The molecule has 0 aromatic heterocycles. The van der Waals surface area contributed by atoms with Crippen LogP contribution in [-0.4, -0.2) is 41.0 Å². The number of aliphatic hydroxyl groups excluding tert-OH is 2. The van der Waals surface area contributed by atoms with Gasteiger partial charge in [-0.1, -0.05) is 31.4 Å². The summed E-state index contributed by atoms with van der Waals surface area (Å²) in [7, 11) is 0. The van der Waals surface area contributed by atoms with Crippen molar-refractivity contribution in [2.75, 3.05) is 13.2 Å². The molecule has 0 heterocycles. The highest BCUT2D eigenvalue weighted by molar-refractivity contribution is 6.21. The Morgan fingerprint density at radius 3 is 2.62 bits per heavy atom. The fraction of sp³-hybridized carbons (Fsp3) is 0.900. The Labute approximate surface area is 152 Å². The van der Waals surface area contributed by atoms with Gasteiger partial charge in [-0.3, -0.25) is 0 Å². The van der Waals surface area contributed by atoms with Gasteiger partial charge in [0.1, 0.15) is 0 Å². The van der Waals surface area contributed by atoms with Crippen molar-refractivity contribution in [1.29, 1.82) is 0 Å². The molecule has 0 spiro atoms. The zero-order valence-electron chi connectivity index (χ0n) is 15.1. The minimum Gasteiger partial charge on any atom is -0.393 e. The fourth-order valence-electron chi connectivity index (χ4n) is 4.49. The van der Waals surface area contributed by atoms with Crippen LogP contribution in [0.2, 0.25) is 0 Å². The maximum absolute atomic E-state index is 10.5. The lowest BCUT2D eigenvalue weighted by Gasteiger charge is -2.29. The second kappa shape index (κ2) is 10.8. The van der Waals surface area contributed by atoms with Gasteiger partial charge >= 0.3 is 0 Å². The third kappa shape index (κ3) is 6.01. The molecule has 1 unspecified atom stereocenters. The molecule has 4 heteroatoms. The van der Waals surface area contributed by atoms with Gasteiger partial charge in [0, 0.05) is 12.0 Å². The molecule has 2 N–H and O–H groups in total. The van der Waals surface area contributed by atoms with Crippen LogP contribution in [-0.2, 0) is 4.74 Å². The van der Waals surface area contributed by atoms with Gasteiger partial charge in [0.25, 0.3) is 0 Å². The Kier molecular flexibility index (Phi) is 9.10. The molecule has 0 bridgehead atoms. The van der Waals surface area contributed by atoms with Crippen molar-refractivity contribution >= 4 is 11.6 Å². The van der Waals surface area contributed by atoms with E-state index in [1.165, 1.54) is 19.3 Å². The van der Waals surface area contributed by atoms with E-state index in [9.17, 15) is 10.2 Å². The van der Waals surface area contributed by atoms with Crippen molar-refractivity contribution in [2.24, 2.45) is 17.8 Å². The van der Waals surface area contributed by atoms with Gasteiger partial charge in [0.15, 0.2) is 0 Å². The Balaban J connectivity index is 1.80. The van der Waals surface area contributed by atoms with E-state index in [0.29, 0.717) is 24.9 Å². The van der Waals surface area contributed by atoms with Crippen LogP contribution in [0.15, 0.2) is 12.2 Å². The van der Waals surface area contributed by atoms with Gasteiger partial charge < -0.3 is 14.9 Å². The third-order valence-corrected chi connectivity index (χ3v) is 6.46. The summed E-state index contributed by atoms with van der Waals surface area (Å²) in [5, 5.41) is 20.9. The van der Waals surface area contributed by atoms with Crippen LogP contribution in [0.1, 0.15) is 64.7 Å². The topological polar surface area (TPSA) is 49.7 Å². The summed E-state index contributed by atoms with van der Waals surface area (Å²) in [4.78, 5) is 0. The first kappa shape index (κ1) is 20.2. The smallest absolute Gasteiger partial charge is 0.0647 e. The lowest BCUT2D eigenvalue weighted by atomic mass is 9.81. The van der Waals surface area contributed by atoms with Crippen LogP contribution < -0.4 is 0 Å². The van der Waals surface area contributed by atoms with Crippen LogP contribution in [0.4, 0.5) is 0 Å². The number of alkyl halides is 1. The maximum atomic E-state index is 10.5. The van der Waals surface area contributed by atoms with Crippen LogP contribution in [0, 0.1) is 17.8 Å². The maximum Gasteiger partial charge on any atom is 0.0647 e. The Bertz CT molecular complexity index is 368.